The Balaban J connectivity index is 1.81. The van der Waals surface area contributed by atoms with Crippen molar-refractivity contribution in [2.45, 2.75) is 6.04 Å². The van der Waals surface area contributed by atoms with E-state index in [1.807, 2.05) is 18.2 Å². The number of fused-ring (bicyclic) bond motifs is 1. The molecule has 3 heterocycles. The fourth-order valence-electron chi connectivity index (χ4n) is 2.52. The number of nitrogens with one attached hydrogen (secondary N) is 1. The number of aromatic nitrogens is 4. The molecule has 1 aromatic carbocycles. The summed E-state index contributed by atoms with van der Waals surface area (Å²) in [6.07, 6.45) is 7.05. The minimum Gasteiger partial charge on any atom is -0.324 e. The van der Waals surface area contributed by atoms with Gasteiger partial charge in [-0.05, 0) is 35.9 Å². The van der Waals surface area contributed by atoms with Crippen LogP contribution in [0, 0.1) is 5.82 Å². The number of nitrogens with zero attached hydrogens (tertiary/aromatic N) is 4. The number of allylic oxidation sites excluding steroid dienone is 1. The number of anilines is 1. The summed E-state index contributed by atoms with van der Waals surface area (Å²) in [5, 5.41) is 7.49. The van der Waals surface area contributed by atoms with Crippen molar-refractivity contribution in [3.8, 4) is 0 Å². The fraction of sp³-hybridized carbons (Fsp3) is 0.0625. The molecule has 0 fully saturated rings. The van der Waals surface area contributed by atoms with Gasteiger partial charge in [-0.2, -0.15) is 10.1 Å². The van der Waals surface area contributed by atoms with Crippen LogP contribution in [0.25, 0.3) is 5.70 Å². The van der Waals surface area contributed by atoms with Gasteiger partial charge < -0.3 is 5.32 Å². The van der Waals surface area contributed by atoms with Crippen LogP contribution >= 0.6 is 0 Å². The fourth-order valence-corrected chi connectivity index (χ4v) is 2.52. The van der Waals surface area contributed by atoms with Gasteiger partial charge in [0.1, 0.15) is 18.2 Å². The second-order valence-corrected chi connectivity index (χ2v) is 4.97. The zero-order valence-corrected chi connectivity index (χ0v) is 11.5. The lowest BCUT2D eigenvalue weighted by molar-refractivity contribution is 0.603. The average Bonchev–Trinajstić information content (AvgIpc) is 3.04. The molecule has 6 heteroatoms. The van der Waals surface area contributed by atoms with Gasteiger partial charge in [-0.1, -0.05) is 12.1 Å². The summed E-state index contributed by atoms with van der Waals surface area (Å²) in [6, 6.07) is 10.1. The molecule has 0 spiro atoms. The van der Waals surface area contributed by atoms with E-state index in [4.69, 9.17) is 0 Å². The standard InChI is InChI=1S/C16H12FN5/c17-13-5-3-11(4-6-13)15-8-14(12-2-1-7-18-9-12)21-16-19-10-20-22(15)16/h1-10,15H,(H,19,20,21). The molecular weight excluding hydrogens is 281 g/mol. The van der Waals surface area contributed by atoms with Crippen molar-refractivity contribution < 1.29 is 4.39 Å². The van der Waals surface area contributed by atoms with Gasteiger partial charge in [0.15, 0.2) is 0 Å². The molecule has 3 aromatic rings. The maximum absolute atomic E-state index is 13.2. The molecule has 0 radical (unpaired) electrons. The number of halogens is 1. The molecule has 1 N–H and O–H groups in total. The maximum atomic E-state index is 13.2. The molecule has 1 atom stereocenters. The van der Waals surface area contributed by atoms with E-state index in [2.05, 4.69) is 20.4 Å². The Bertz CT molecular complexity index is 823. The smallest absolute Gasteiger partial charge is 0.226 e. The Morgan fingerprint density at radius 1 is 1.14 bits per heavy atom. The van der Waals surface area contributed by atoms with E-state index in [1.54, 1.807) is 29.2 Å². The van der Waals surface area contributed by atoms with Crippen LogP contribution in [0.15, 0.2) is 61.2 Å². The van der Waals surface area contributed by atoms with Crippen LogP contribution in [-0.2, 0) is 0 Å². The summed E-state index contributed by atoms with van der Waals surface area (Å²) in [6.45, 7) is 0. The molecule has 108 valence electrons. The molecular formula is C16H12FN5. The van der Waals surface area contributed by atoms with Gasteiger partial charge in [0.05, 0.1) is 0 Å². The van der Waals surface area contributed by atoms with Crippen LogP contribution in [-0.4, -0.2) is 19.7 Å². The molecule has 0 saturated heterocycles. The molecule has 0 aliphatic carbocycles. The number of hydrogen-bond donors (Lipinski definition) is 1. The van der Waals surface area contributed by atoms with Crippen molar-refractivity contribution in [3.05, 3.63) is 78.1 Å². The highest BCUT2D eigenvalue weighted by molar-refractivity contribution is 5.76. The molecule has 2 aromatic heterocycles. The van der Waals surface area contributed by atoms with Crippen molar-refractivity contribution in [2.24, 2.45) is 0 Å². The minimum atomic E-state index is -0.257. The van der Waals surface area contributed by atoms with Crippen LogP contribution in [0.3, 0.4) is 0 Å². The van der Waals surface area contributed by atoms with Gasteiger partial charge in [0.25, 0.3) is 0 Å². The van der Waals surface area contributed by atoms with Crippen LogP contribution in [0.1, 0.15) is 17.2 Å². The third-order valence-electron chi connectivity index (χ3n) is 3.59. The van der Waals surface area contributed by atoms with Crippen LogP contribution in [0.5, 0.6) is 0 Å². The van der Waals surface area contributed by atoms with Crippen molar-refractivity contribution in [1.29, 1.82) is 0 Å². The lowest BCUT2D eigenvalue weighted by atomic mass is 10.0. The topological polar surface area (TPSA) is 55.6 Å². The normalized spacial score (nSPS) is 16.6. The van der Waals surface area contributed by atoms with Gasteiger partial charge in [-0.15, -0.1) is 0 Å². The molecule has 1 aliphatic rings. The second kappa shape index (κ2) is 5.07. The molecule has 0 amide bonds. The first-order valence-electron chi connectivity index (χ1n) is 6.85. The third kappa shape index (κ3) is 2.14. The quantitative estimate of drug-likeness (QED) is 0.789. The van der Waals surface area contributed by atoms with Gasteiger partial charge in [0.2, 0.25) is 5.95 Å². The summed E-state index contributed by atoms with van der Waals surface area (Å²) >= 11 is 0. The third-order valence-corrected chi connectivity index (χ3v) is 3.59. The molecule has 4 rings (SSSR count). The molecule has 22 heavy (non-hydrogen) atoms. The molecule has 1 aliphatic heterocycles. The first kappa shape index (κ1) is 12.7. The van der Waals surface area contributed by atoms with Gasteiger partial charge in [0, 0.05) is 23.7 Å². The Morgan fingerprint density at radius 2 is 2.00 bits per heavy atom. The summed E-state index contributed by atoms with van der Waals surface area (Å²) in [7, 11) is 0. The Hall–Kier alpha value is -3.02. The SMILES string of the molecule is Fc1ccc(C2C=C(c3cccnc3)Nc3ncnn32)cc1. The van der Waals surface area contributed by atoms with Crippen LogP contribution < -0.4 is 5.32 Å². The van der Waals surface area contributed by atoms with Crippen molar-refractivity contribution in [3.63, 3.8) is 0 Å². The van der Waals surface area contributed by atoms with E-state index in [1.165, 1.54) is 18.5 Å². The highest BCUT2D eigenvalue weighted by Gasteiger charge is 2.23. The number of pyridine rings is 1. The zero-order valence-electron chi connectivity index (χ0n) is 11.5. The largest absolute Gasteiger partial charge is 0.324 e. The zero-order chi connectivity index (χ0) is 14.9. The van der Waals surface area contributed by atoms with Gasteiger partial charge in [-0.25, -0.2) is 9.07 Å². The Kier molecular flexibility index (Phi) is 2.93. The van der Waals surface area contributed by atoms with E-state index >= 15 is 0 Å². The van der Waals surface area contributed by atoms with Crippen LogP contribution in [0.4, 0.5) is 10.3 Å². The highest BCUT2D eigenvalue weighted by atomic mass is 19.1. The van der Waals surface area contributed by atoms with E-state index in [0.717, 1.165) is 16.8 Å². The lowest BCUT2D eigenvalue weighted by Gasteiger charge is -2.24. The first-order valence-corrected chi connectivity index (χ1v) is 6.85. The lowest BCUT2D eigenvalue weighted by Crippen LogP contribution is -2.20. The van der Waals surface area contributed by atoms with Crippen LogP contribution in [0.2, 0.25) is 0 Å². The predicted molar refractivity (Wildman–Crippen MR) is 80.4 cm³/mol. The summed E-state index contributed by atoms with van der Waals surface area (Å²) < 4.78 is 14.9. The molecule has 1 unspecified atom stereocenters. The Morgan fingerprint density at radius 3 is 2.77 bits per heavy atom. The summed E-state index contributed by atoms with van der Waals surface area (Å²) in [4.78, 5) is 8.37. The summed E-state index contributed by atoms with van der Waals surface area (Å²) in [5.74, 6) is 0.392. The van der Waals surface area contributed by atoms with E-state index in [-0.39, 0.29) is 11.9 Å². The Labute approximate surface area is 126 Å². The van der Waals surface area contributed by atoms with Crippen molar-refractivity contribution in [2.75, 3.05) is 5.32 Å². The number of hydrogen-bond acceptors (Lipinski definition) is 4. The number of benzene rings is 1. The predicted octanol–water partition coefficient (Wildman–Crippen LogP) is 2.87. The molecule has 0 bridgehead atoms. The van der Waals surface area contributed by atoms with Gasteiger partial charge >= 0.3 is 0 Å². The van der Waals surface area contributed by atoms with E-state index in [9.17, 15) is 4.39 Å². The minimum absolute atomic E-state index is 0.144. The van der Waals surface area contributed by atoms with E-state index in [0.29, 0.717) is 5.95 Å². The van der Waals surface area contributed by atoms with Crippen molar-refractivity contribution >= 4 is 11.6 Å². The van der Waals surface area contributed by atoms with E-state index < -0.39 is 0 Å². The second-order valence-electron chi connectivity index (χ2n) is 4.97. The average molecular weight is 293 g/mol. The highest BCUT2D eigenvalue weighted by Crippen LogP contribution is 2.31. The maximum Gasteiger partial charge on any atom is 0.226 e. The molecule has 0 saturated carbocycles. The first-order chi connectivity index (χ1) is 10.8. The summed E-state index contributed by atoms with van der Waals surface area (Å²) in [5.41, 5.74) is 2.81. The number of rotatable bonds is 2. The van der Waals surface area contributed by atoms with Crippen molar-refractivity contribution in [1.82, 2.24) is 19.7 Å². The van der Waals surface area contributed by atoms with Gasteiger partial charge in [-0.3, -0.25) is 4.98 Å². The monoisotopic (exact) mass is 293 g/mol. The molecule has 5 nitrogen and oxygen atoms in total.